The van der Waals surface area contributed by atoms with Gasteiger partial charge in [-0.05, 0) is 75.5 Å². The fourth-order valence-corrected chi connectivity index (χ4v) is 7.87. The Kier molecular flexibility index (Phi) is 6.48. The molecule has 0 radical (unpaired) electrons. The highest BCUT2D eigenvalue weighted by Gasteiger charge is 2.16. The van der Waals surface area contributed by atoms with Gasteiger partial charge in [-0.3, -0.25) is 9.97 Å². The van der Waals surface area contributed by atoms with Gasteiger partial charge >= 0.3 is 0 Å². The van der Waals surface area contributed by atoms with Crippen molar-refractivity contribution in [2.45, 2.75) is 0 Å². The SMILES string of the molecule is c1ccc(-c2cn3ccc4c(-c5ccc(-c6ccc7cc(-c8cc9cccnc9c9ncccc89)ccc7c6)cc5)nc5ccccc5c4c3n2)cc1. The second-order valence-electron chi connectivity index (χ2n) is 13.6. The summed E-state index contributed by atoms with van der Waals surface area (Å²) in [5.74, 6) is 0. The molecule has 0 spiro atoms. The van der Waals surface area contributed by atoms with E-state index in [0.717, 1.165) is 88.3 Å². The largest absolute Gasteiger partial charge is 0.306 e. The molecule has 5 heterocycles. The Morgan fingerprint density at radius 1 is 0.434 bits per heavy atom. The third-order valence-corrected chi connectivity index (χ3v) is 10.5. The third-order valence-electron chi connectivity index (χ3n) is 10.5. The van der Waals surface area contributed by atoms with Crippen molar-refractivity contribution in [3.05, 3.63) is 176 Å². The van der Waals surface area contributed by atoms with E-state index in [9.17, 15) is 0 Å². The van der Waals surface area contributed by atoms with E-state index in [1.165, 1.54) is 16.3 Å². The van der Waals surface area contributed by atoms with Gasteiger partial charge in [-0.15, -0.1) is 0 Å². The molecule has 0 aliphatic heterocycles. The Labute approximate surface area is 304 Å². The summed E-state index contributed by atoms with van der Waals surface area (Å²) >= 11 is 0. The van der Waals surface area contributed by atoms with Crippen molar-refractivity contribution in [3.63, 3.8) is 0 Å². The van der Waals surface area contributed by atoms with E-state index >= 15 is 0 Å². The van der Waals surface area contributed by atoms with Gasteiger partial charge in [0, 0.05) is 62.8 Å². The number of hydrogen-bond donors (Lipinski definition) is 0. The summed E-state index contributed by atoms with van der Waals surface area (Å²) in [5, 5.41) is 7.88. The zero-order valence-electron chi connectivity index (χ0n) is 28.5. The van der Waals surface area contributed by atoms with Gasteiger partial charge in [-0.2, -0.15) is 0 Å². The van der Waals surface area contributed by atoms with E-state index in [0.29, 0.717) is 0 Å². The van der Waals surface area contributed by atoms with Crippen LogP contribution in [0.1, 0.15) is 0 Å². The summed E-state index contributed by atoms with van der Waals surface area (Å²) in [7, 11) is 0. The Morgan fingerprint density at radius 3 is 2.00 bits per heavy atom. The van der Waals surface area contributed by atoms with Crippen LogP contribution in [0.15, 0.2) is 176 Å². The highest BCUT2D eigenvalue weighted by Crippen LogP contribution is 2.38. The molecule has 6 aromatic carbocycles. The first-order valence-corrected chi connectivity index (χ1v) is 17.8. The summed E-state index contributed by atoms with van der Waals surface area (Å²) in [4.78, 5) is 19.7. The maximum absolute atomic E-state index is 5.21. The maximum atomic E-state index is 5.21. The van der Waals surface area contributed by atoms with Gasteiger partial charge in [0.2, 0.25) is 0 Å². The molecule has 0 aliphatic rings. The van der Waals surface area contributed by atoms with Crippen molar-refractivity contribution in [2.24, 2.45) is 0 Å². The minimum absolute atomic E-state index is 0.929. The Bertz CT molecular complexity index is 3220. The van der Waals surface area contributed by atoms with Gasteiger partial charge in [-0.1, -0.05) is 109 Å². The van der Waals surface area contributed by atoms with Crippen LogP contribution in [0.25, 0.3) is 105 Å². The molecule has 0 atom stereocenters. The molecule has 0 amide bonds. The number of benzene rings is 6. The van der Waals surface area contributed by atoms with E-state index in [1.807, 2.05) is 30.6 Å². The average molecular weight is 676 g/mol. The Balaban J connectivity index is 0.977. The number of hydrogen-bond acceptors (Lipinski definition) is 4. The van der Waals surface area contributed by atoms with Crippen molar-refractivity contribution >= 4 is 59.9 Å². The monoisotopic (exact) mass is 675 g/mol. The topological polar surface area (TPSA) is 56.0 Å². The summed E-state index contributed by atoms with van der Waals surface area (Å²) in [6, 6.07) is 53.6. The molecular weight excluding hydrogens is 647 g/mol. The van der Waals surface area contributed by atoms with Gasteiger partial charge < -0.3 is 4.40 Å². The summed E-state index contributed by atoms with van der Waals surface area (Å²) in [5.41, 5.74) is 12.5. The predicted octanol–water partition coefficient (Wildman–Crippen LogP) is 12.0. The van der Waals surface area contributed by atoms with E-state index in [-0.39, 0.29) is 0 Å². The molecular formula is C48H29N5. The third kappa shape index (κ3) is 4.79. The Hall–Kier alpha value is -7.24. The van der Waals surface area contributed by atoms with Crippen LogP contribution in [-0.2, 0) is 0 Å². The maximum Gasteiger partial charge on any atom is 0.146 e. The molecule has 53 heavy (non-hydrogen) atoms. The fourth-order valence-electron chi connectivity index (χ4n) is 7.87. The lowest BCUT2D eigenvalue weighted by Gasteiger charge is -2.12. The van der Waals surface area contributed by atoms with Crippen molar-refractivity contribution in [1.82, 2.24) is 24.3 Å². The minimum Gasteiger partial charge on any atom is -0.306 e. The van der Waals surface area contributed by atoms with E-state index in [2.05, 4.69) is 155 Å². The molecule has 0 bridgehead atoms. The van der Waals surface area contributed by atoms with Gasteiger partial charge in [0.05, 0.1) is 27.9 Å². The van der Waals surface area contributed by atoms with Gasteiger partial charge in [-0.25, -0.2) is 9.97 Å². The molecule has 5 heteroatoms. The van der Waals surface area contributed by atoms with Crippen molar-refractivity contribution < 1.29 is 0 Å². The first-order chi connectivity index (χ1) is 26.2. The summed E-state index contributed by atoms with van der Waals surface area (Å²) < 4.78 is 2.13. The van der Waals surface area contributed by atoms with Crippen LogP contribution in [0.3, 0.4) is 0 Å². The zero-order valence-corrected chi connectivity index (χ0v) is 28.5. The molecule has 0 saturated carbocycles. The predicted molar refractivity (Wildman–Crippen MR) is 218 cm³/mol. The number of pyridine rings is 4. The van der Waals surface area contributed by atoms with Crippen LogP contribution < -0.4 is 0 Å². The highest BCUT2D eigenvalue weighted by molar-refractivity contribution is 6.17. The van der Waals surface area contributed by atoms with Crippen molar-refractivity contribution in [1.29, 1.82) is 0 Å². The quantitative estimate of drug-likeness (QED) is 0.174. The first kappa shape index (κ1) is 29.5. The van der Waals surface area contributed by atoms with Crippen LogP contribution in [0.5, 0.6) is 0 Å². The van der Waals surface area contributed by atoms with Crippen LogP contribution in [-0.4, -0.2) is 24.3 Å². The fraction of sp³-hybridized carbons (Fsp3) is 0. The second-order valence-corrected chi connectivity index (χ2v) is 13.6. The molecule has 0 aliphatic carbocycles. The van der Waals surface area contributed by atoms with E-state index in [1.54, 1.807) is 0 Å². The second kappa shape index (κ2) is 11.7. The van der Waals surface area contributed by atoms with Gasteiger partial charge in [0.25, 0.3) is 0 Å². The molecule has 5 nitrogen and oxygen atoms in total. The van der Waals surface area contributed by atoms with Crippen molar-refractivity contribution in [3.8, 4) is 44.8 Å². The summed E-state index contributed by atoms with van der Waals surface area (Å²) in [6.45, 7) is 0. The lowest BCUT2D eigenvalue weighted by atomic mass is 9.94. The number of para-hydroxylation sites is 1. The molecule has 0 unspecified atom stereocenters. The Morgan fingerprint density at radius 2 is 1.13 bits per heavy atom. The van der Waals surface area contributed by atoms with Crippen LogP contribution in [0, 0.1) is 0 Å². The lowest BCUT2D eigenvalue weighted by Crippen LogP contribution is -1.93. The standard InChI is InChI=1S/C48H29N5/c1-2-8-31(9-3-1)43-29-53-25-22-40-44(48(53)52-43)39-11-4-5-13-42(39)51-45(40)32-16-14-30(15-17-32)33-18-19-35-27-36(21-20-34(35)26-33)41-28-37-10-6-23-49-46(37)47-38(41)12-7-24-50-47/h1-29H. The molecule has 246 valence electrons. The highest BCUT2D eigenvalue weighted by atomic mass is 15.0. The molecule has 5 aromatic heterocycles. The number of aromatic nitrogens is 5. The van der Waals surface area contributed by atoms with E-state index in [4.69, 9.17) is 15.0 Å². The molecule has 11 rings (SSSR count). The molecule has 0 saturated heterocycles. The van der Waals surface area contributed by atoms with Crippen LogP contribution in [0.4, 0.5) is 0 Å². The van der Waals surface area contributed by atoms with Crippen molar-refractivity contribution in [2.75, 3.05) is 0 Å². The number of nitrogens with zero attached hydrogens (tertiary/aromatic N) is 5. The normalized spacial score (nSPS) is 11.8. The minimum atomic E-state index is 0.929. The number of fused-ring (bicyclic) bond motifs is 9. The van der Waals surface area contributed by atoms with Gasteiger partial charge in [0.1, 0.15) is 5.65 Å². The smallest absolute Gasteiger partial charge is 0.146 e. The lowest BCUT2D eigenvalue weighted by molar-refractivity contribution is 1.20. The number of rotatable bonds is 4. The molecule has 0 N–H and O–H groups in total. The van der Waals surface area contributed by atoms with Crippen LogP contribution in [0.2, 0.25) is 0 Å². The van der Waals surface area contributed by atoms with Crippen LogP contribution >= 0.6 is 0 Å². The summed E-state index contributed by atoms with van der Waals surface area (Å²) in [6.07, 6.45) is 7.88. The first-order valence-electron chi connectivity index (χ1n) is 17.8. The zero-order chi connectivity index (χ0) is 34.9. The van der Waals surface area contributed by atoms with E-state index < -0.39 is 0 Å². The average Bonchev–Trinajstić information content (AvgIpc) is 3.68. The molecule has 11 aromatic rings. The van der Waals surface area contributed by atoms with Gasteiger partial charge in [0.15, 0.2) is 0 Å². The number of imidazole rings is 1. The molecule has 0 fully saturated rings.